The van der Waals surface area contributed by atoms with Crippen molar-refractivity contribution >= 4 is 46.1 Å². The first kappa shape index (κ1) is 45.7. The van der Waals surface area contributed by atoms with Crippen LogP contribution in [0.15, 0.2) is 52.5 Å². The summed E-state index contributed by atoms with van der Waals surface area (Å²) in [5, 5.41) is 52.8. The van der Waals surface area contributed by atoms with Gasteiger partial charge in [0.05, 0.1) is 53.7 Å². The fourth-order valence-electron chi connectivity index (χ4n) is 9.04. The van der Waals surface area contributed by atoms with Crippen LogP contribution in [0.25, 0.3) is 0 Å². The van der Waals surface area contributed by atoms with Crippen LogP contribution in [0.1, 0.15) is 99.6 Å². The Morgan fingerprint density at radius 1 is 0.967 bits per heavy atom. The Hall–Kier alpha value is -3.81. The molecule has 1 aliphatic carbocycles. The fourth-order valence-corrected chi connectivity index (χ4v) is 10.1. The summed E-state index contributed by atoms with van der Waals surface area (Å²) in [6, 6.07) is 0.382. The molecular weight excluding hydrogens is 887 g/mol. The highest BCUT2D eigenvalue weighted by Crippen LogP contribution is 2.49. The number of esters is 1. The number of fused-ring (bicyclic) bond motifs is 5. The van der Waals surface area contributed by atoms with Crippen LogP contribution >= 0.6 is 22.9 Å². The van der Waals surface area contributed by atoms with Crippen LogP contribution in [0.3, 0.4) is 0 Å². The number of hydrogen-bond donors (Lipinski definition) is 6. The van der Waals surface area contributed by atoms with Crippen molar-refractivity contribution in [3.63, 3.8) is 0 Å². The quantitative estimate of drug-likeness (QED) is 0.137. The molecular formula is C44H59IN4O11. The number of carbonyl (C=O) groups is 3. The zero-order chi connectivity index (χ0) is 44.0. The van der Waals surface area contributed by atoms with Gasteiger partial charge in [0.1, 0.15) is 29.5 Å². The number of phenolic OH excluding ortho intramolecular Hbond substituents is 1. The molecule has 6 N–H and O–H groups in total. The van der Waals surface area contributed by atoms with Crippen molar-refractivity contribution in [2.24, 2.45) is 28.7 Å². The van der Waals surface area contributed by atoms with Crippen LogP contribution in [-0.2, 0) is 19.0 Å². The van der Waals surface area contributed by atoms with Crippen molar-refractivity contribution in [1.29, 1.82) is 0 Å². The van der Waals surface area contributed by atoms with Crippen LogP contribution < -0.4 is 15.4 Å². The minimum Gasteiger partial charge on any atom is -0.507 e. The molecule has 6 rings (SSSR count). The molecule has 16 heteroatoms. The van der Waals surface area contributed by atoms with Gasteiger partial charge in [-0.15, -0.1) is 0 Å². The number of methoxy groups -OCH3 is 1. The molecule has 1 fully saturated rings. The van der Waals surface area contributed by atoms with E-state index in [0.29, 0.717) is 24.7 Å². The number of aromatic hydroxyl groups is 1. The molecule has 4 heterocycles. The number of hydrogen-bond acceptors (Lipinski definition) is 15. The minimum atomic E-state index is -1.96. The number of aliphatic imine (C=N–C) groups is 1. The minimum absolute atomic E-state index is 0.0188. The van der Waals surface area contributed by atoms with E-state index in [9.17, 15) is 34.8 Å². The van der Waals surface area contributed by atoms with Crippen molar-refractivity contribution in [2.75, 3.05) is 20.2 Å². The smallest absolute Gasteiger partial charge is 0.312 e. The molecule has 0 amide bonds. The molecule has 328 valence electrons. The van der Waals surface area contributed by atoms with E-state index in [1.807, 2.05) is 0 Å². The summed E-state index contributed by atoms with van der Waals surface area (Å²) in [6.07, 6.45) is 5.44. The lowest BCUT2D eigenvalue weighted by molar-refractivity contribution is -0.160. The number of Topliss-reactive ketones (excluding diaryl/α,β-unsaturated/α-hetero) is 2. The molecule has 1 unspecified atom stereocenters. The number of nitrogens with zero attached hydrogens (tertiary/aromatic N) is 2. The molecule has 15 nitrogen and oxygen atoms in total. The van der Waals surface area contributed by atoms with Gasteiger partial charge in [-0.05, 0) is 44.8 Å². The van der Waals surface area contributed by atoms with Crippen molar-refractivity contribution < 1.29 is 53.8 Å². The average molecular weight is 947 g/mol. The van der Waals surface area contributed by atoms with Gasteiger partial charge in [0.25, 0.3) is 5.78 Å². The first-order valence-electron chi connectivity index (χ1n) is 20.7. The molecule has 5 aliphatic rings. The summed E-state index contributed by atoms with van der Waals surface area (Å²) in [6.45, 7) is 13.8. The second kappa shape index (κ2) is 18.3. The number of benzene rings is 1. The maximum absolute atomic E-state index is 14.8. The van der Waals surface area contributed by atoms with Gasteiger partial charge in [-0.3, -0.25) is 19.4 Å². The van der Waals surface area contributed by atoms with E-state index in [4.69, 9.17) is 23.9 Å². The lowest BCUT2D eigenvalue weighted by Gasteiger charge is -2.38. The number of ether oxygens (including phenoxy) is 4. The van der Waals surface area contributed by atoms with Crippen molar-refractivity contribution in [3.8, 4) is 11.5 Å². The molecule has 0 spiro atoms. The number of ketones is 2. The van der Waals surface area contributed by atoms with Gasteiger partial charge in [0, 0.05) is 97.2 Å². The topological polar surface area (TPSA) is 209 Å². The van der Waals surface area contributed by atoms with Gasteiger partial charge < -0.3 is 50.0 Å². The highest BCUT2D eigenvalue weighted by atomic mass is 127. The summed E-state index contributed by atoms with van der Waals surface area (Å²) in [5.41, 5.74) is 1.11. The fraction of sp³-hybridized carbons (Fsp3) is 0.591. The Labute approximate surface area is 365 Å². The Bertz CT molecular complexity index is 2030. The second-order valence-corrected chi connectivity index (χ2v) is 18.1. The van der Waals surface area contributed by atoms with E-state index >= 15 is 0 Å². The molecule has 0 saturated carbocycles. The number of aliphatic hydroxyl groups is 3. The van der Waals surface area contributed by atoms with Gasteiger partial charge in [0.15, 0.2) is 0 Å². The highest BCUT2D eigenvalue weighted by molar-refractivity contribution is 14.1. The molecule has 7 bridgehead atoms. The maximum Gasteiger partial charge on any atom is 0.312 e. The van der Waals surface area contributed by atoms with Gasteiger partial charge >= 0.3 is 11.8 Å². The Morgan fingerprint density at radius 2 is 1.67 bits per heavy atom. The first-order valence-corrected chi connectivity index (χ1v) is 21.6. The Morgan fingerprint density at radius 3 is 2.35 bits per heavy atom. The summed E-state index contributed by atoms with van der Waals surface area (Å²) >= 11 is 2.35. The number of nitrogens with one attached hydrogen (secondary N) is 2. The predicted octanol–water partition coefficient (Wildman–Crippen LogP) is 4.53. The zero-order valence-electron chi connectivity index (χ0n) is 35.7. The monoisotopic (exact) mass is 946 g/mol. The third-order valence-corrected chi connectivity index (χ3v) is 14.5. The van der Waals surface area contributed by atoms with Gasteiger partial charge in [-0.2, -0.15) is 0 Å². The average Bonchev–Trinajstić information content (AvgIpc) is 3.68. The second-order valence-electron chi connectivity index (χ2n) is 17.0. The van der Waals surface area contributed by atoms with E-state index in [-0.39, 0.29) is 51.2 Å². The number of carbonyl (C=O) groups excluding carboxylic acids is 3. The molecule has 4 aliphatic heterocycles. The molecule has 1 aromatic carbocycles. The molecule has 1 aromatic rings. The Balaban J connectivity index is 1.52. The Kier molecular flexibility index (Phi) is 13.9. The molecule has 60 heavy (non-hydrogen) atoms. The van der Waals surface area contributed by atoms with E-state index in [1.165, 1.54) is 27.2 Å². The molecule has 1 saturated heterocycles. The number of halogens is 1. The largest absolute Gasteiger partial charge is 0.507 e. The lowest BCUT2D eigenvalue weighted by Crippen LogP contribution is -2.46. The summed E-state index contributed by atoms with van der Waals surface area (Å²) in [4.78, 5) is 47.0. The van der Waals surface area contributed by atoms with Gasteiger partial charge in [-0.1, -0.05) is 45.9 Å². The first-order chi connectivity index (χ1) is 28.3. The van der Waals surface area contributed by atoms with Crippen LogP contribution in [0.5, 0.6) is 11.5 Å². The predicted molar refractivity (Wildman–Crippen MR) is 232 cm³/mol. The summed E-state index contributed by atoms with van der Waals surface area (Å²) in [7, 11) is 1.47. The zero-order valence-corrected chi connectivity index (χ0v) is 37.8. The number of allylic oxidation sites excluding steroid dienone is 4. The van der Waals surface area contributed by atoms with Gasteiger partial charge in [0.2, 0.25) is 5.78 Å². The SMILES string of the molecule is CO[C@H]1/C=C/O[C@@]2(C)Oc3c(C)c(O)c4c(c3C2=O)/C2=N/C[C@H]3CC[C@H](CCNC2=C(NC(O)/C(C)=C\C=C\[C@H](C)[C@H](O)[C@@H](C)[C@@H](O)[C@@H](C)[C@H](OC(C)=O)[C@@H]1C)C4=O)N3I. The number of rotatable bonds is 2. The summed E-state index contributed by atoms with van der Waals surface area (Å²) in [5.74, 6) is -6.46. The third kappa shape index (κ3) is 8.51. The highest BCUT2D eigenvalue weighted by Gasteiger charge is 2.52. The standard InChI is InChI=1S/C44H59IN4O11/c1-20-11-10-12-21(2)43(56)48-35-34-33(47-19-28-14-13-27(49(28)45)15-17-46-34)30-31(39(35)54)38(53)25(6)41-32(30)42(55)44(8,60-41)58-18-16-29(57-9)22(3)40(59-26(7)50)24(5)37(52)23(4)36(20)51/h10-12,16,18,20,22-24,27-29,36-37,40,43,46,48,51-53,56H,13-15,17,19H2,1-9H3/b11-10+,18-16+,21-12-,47-33-/t20-,22+,23+,24+,27+,28+,29-,36-,37+,40+,43?,44-/m0/s1. The van der Waals surface area contributed by atoms with E-state index < -0.39 is 83.4 Å². The van der Waals surface area contributed by atoms with Crippen molar-refractivity contribution in [3.05, 3.63) is 69.8 Å². The van der Waals surface area contributed by atoms with E-state index in [2.05, 4.69) is 36.6 Å². The van der Waals surface area contributed by atoms with Crippen LogP contribution in [0.4, 0.5) is 0 Å². The normalized spacial score (nSPS) is 38.2. The van der Waals surface area contributed by atoms with Crippen molar-refractivity contribution in [1.82, 2.24) is 13.7 Å². The van der Waals surface area contributed by atoms with Crippen LogP contribution in [0.2, 0.25) is 0 Å². The van der Waals surface area contributed by atoms with Crippen molar-refractivity contribution in [2.45, 2.75) is 123 Å². The number of aliphatic hydroxyl groups excluding tert-OH is 3. The number of phenols is 1. The lowest BCUT2D eigenvalue weighted by atomic mass is 9.78. The van der Waals surface area contributed by atoms with Gasteiger partial charge in [-0.25, -0.2) is 3.11 Å². The molecule has 0 aromatic heterocycles. The van der Waals surface area contributed by atoms with E-state index in [1.54, 1.807) is 65.8 Å². The third-order valence-electron chi connectivity index (χ3n) is 12.9. The molecule has 0 radical (unpaired) electrons. The molecule has 12 atom stereocenters. The van der Waals surface area contributed by atoms with E-state index in [0.717, 1.165) is 19.3 Å². The maximum atomic E-state index is 14.8. The van der Waals surface area contributed by atoms with Crippen LogP contribution in [0, 0.1) is 30.6 Å². The summed E-state index contributed by atoms with van der Waals surface area (Å²) < 4.78 is 26.3. The van der Waals surface area contributed by atoms with Crippen LogP contribution in [-0.4, -0.2) is 116 Å².